The highest BCUT2D eigenvalue weighted by Gasteiger charge is 2.12. The third-order valence-electron chi connectivity index (χ3n) is 2.25. The molecule has 0 aliphatic carbocycles. The molecule has 0 spiro atoms. The normalized spacial score (nSPS) is 10.1. The van der Waals surface area contributed by atoms with E-state index < -0.39 is 11.8 Å². The minimum Gasteiger partial charge on any atom is -0.465 e. The Hall–Kier alpha value is -2.02. The van der Waals surface area contributed by atoms with Gasteiger partial charge >= 0.3 is 5.97 Å². The van der Waals surface area contributed by atoms with Gasteiger partial charge in [-0.15, -0.1) is 5.10 Å². The van der Waals surface area contributed by atoms with Crippen LogP contribution < -0.4 is 5.32 Å². The maximum atomic E-state index is 13.2. The van der Waals surface area contributed by atoms with Crippen molar-refractivity contribution < 1.29 is 13.9 Å². The van der Waals surface area contributed by atoms with Crippen LogP contribution in [0.1, 0.15) is 16.1 Å². The Balaban J connectivity index is 2.19. The fourth-order valence-electron chi connectivity index (χ4n) is 1.40. The molecule has 0 aliphatic heterocycles. The smallest absolute Gasteiger partial charge is 0.339 e. The molecule has 0 bridgehead atoms. The predicted octanol–water partition coefficient (Wildman–Crippen LogP) is 2.08. The van der Waals surface area contributed by atoms with E-state index in [4.69, 9.17) is 0 Å². The number of ether oxygens (including phenoxy) is 1. The summed E-state index contributed by atoms with van der Waals surface area (Å²) in [5.74, 6) is -0.949. The van der Waals surface area contributed by atoms with Gasteiger partial charge in [-0.1, -0.05) is 4.49 Å². The van der Waals surface area contributed by atoms with Crippen LogP contribution in [0.2, 0.25) is 0 Å². The Kier molecular flexibility index (Phi) is 3.83. The Morgan fingerprint density at radius 1 is 1.56 bits per heavy atom. The summed E-state index contributed by atoms with van der Waals surface area (Å²) >= 11 is 1.23. The SMILES string of the molecule is COC(=O)c1ccc(F)cc1NCc1csnn1. The van der Waals surface area contributed by atoms with Crippen molar-refractivity contribution in [3.05, 3.63) is 40.7 Å². The Bertz CT molecular complexity index is 545. The molecule has 0 aliphatic rings. The molecule has 2 rings (SSSR count). The zero-order chi connectivity index (χ0) is 13.0. The van der Waals surface area contributed by atoms with Gasteiger partial charge in [-0.25, -0.2) is 9.18 Å². The average Bonchev–Trinajstić information content (AvgIpc) is 2.88. The number of aromatic nitrogens is 2. The van der Waals surface area contributed by atoms with Gasteiger partial charge in [0.1, 0.15) is 5.82 Å². The number of nitrogens with zero attached hydrogens (tertiary/aromatic N) is 2. The lowest BCUT2D eigenvalue weighted by molar-refractivity contribution is 0.0602. The van der Waals surface area contributed by atoms with Gasteiger partial charge in [0.2, 0.25) is 0 Å². The molecular formula is C11H10FN3O2S. The molecule has 1 heterocycles. The quantitative estimate of drug-likeness (QED) is 0.859. The van der Waals surface area contributed by atoms with Crippen LogP contribution in [0.15, 0.2) is 23.6 Å². The molecule has 1 N–H and O–H groups in total. The fraction of sp³-hybridized carbons (Fsp3) is 0.182. The molecule has 94 valence electrons. The van der Waals surface area contributed by atoms with Crippen molar-refractivity contribution in [3.8, 4) is 0 Å². The molecule has 0 saturated heterocycles. The predicted molar refractivity (Wildman–Crippen MR) is 65.0 cm³/mol. The molecule has 0 radical (unpaired) electrons. The van der Waals surface area contributed by atoms with Crippen LogP contribution in [-0.4, -0.2) is 22.7 Å². The van der Waals surface area contributed by atoms with Gasteiger partial charge in [-0.05, 0) is 29.7 Å². The van der Waals surface area contributed by atoms with Gasteiger partial charge in [-0.2, -0.15) is 0 Å². The van der Waals surface area contributed by atoms with Crippen molar-refractivity contribution in [1.82, 2.24) is 9.59 Å². The zero-order valence-corrected chi connectivity index (χ0v) is 10.3. The summed E-state index contributed by atoms with van der Waals surface area (Å²) in [5.41, 5.74) is 1.37. The molecule has 1 aromatic carbocycles. The van der Waals surface area contributed by atoms with Crippen molar-refractivity contribution in [3.63, 3.8) is 0 Å². The Morgan fingerprint density at radius 3 is 3.06 bits per heavy atom. The number of benzene rings is 1. The molecule has 0 amide bonds. The fourth-order valence-corrected chi connectivity index (χ4v) is 1.85. The zero-order valence-electron chi connectivity index (χ0n) is 9.51. The highest BCUT2D eigenvalue weighted by atomic mass is 32.1. The van der Waals surface area contributed by atoms with E-state index in [1.54, 1.807) is 5.38 Å². The van der Waals surface area contributed by atoms with Crippen molar-refractivity contribution in [2.45, 2.75) is 6.54 Å². The largest absolute Gasteiger partial charge is 0.465 e. The summed E-state index contributed by atoms with van der Waals surface area (Å²) in [5, 5.41) is 8.55. The average molecular weight is 267 g/mol. The van der Waals surface area contributed by atoms with E-state index in [2.05, 4.69) is 19.6 Å². The van der Waals surface area contributed by atoms with Crippen LogP contribution in [-0.2, 0) is 11.3 Å². The first kappa shape index (κ1) is 12.4. The second kappa shape index (κ2) is 5.54. The summed E-state index contributed by atoms with van der Waals surface area (Å²) in [7, 11) is 1.28. The number of rotatable bonds is 4. The standard InChI is InChI=1S/C11H10FN3O2S/c1-17-11(16)9-3-2-7(12)4-10(9)13-5-8-6-18-15-14-8/h2-4,6,13H,5H2,1H3. The van der Waals surface area contributed by atoms with Crippen molar-refractivity contribution in [2.75, 3.05) is 12.4 Å². The molecule has 0 saturated carbocycles. The minimum atomic E-state index is -0.520. The number of nitrogens with one attached hydrogen (secondary N) is 1. The van der Waals surface area contributed by atoms with Gasteiger partial charge in [0.05, 0.1) is 30.6 Å². The lowest BCUT2D eigenvalue weighted by atomic mass is 10.1. The van der Waals surface area contributed by atoms with Crippen LogP contribution in [0.4, 0.5) is 10.1 Å². The first-order valence-corrected chi connectivity index (χ1v) is 5.92. The molecule has 0 fully saturated rings. The number of carbonyl (C=O) groups excluding carboxylic acids is 1. The van der Waals surface area contributed by atoms with Gasteiger partial charge < -0.3 is 10.1 Å². The van der Waals surface area contributed by atoms with E-state index in [1.165, 1.54) is 36.8 Å². The van der Waals surface area contributed by atoms with E-state index in [1.807, 2.05) is 0 Å². The van der Waals surface area contributed by atoms with Crippen LogP contribution >= 0.6 is 11.5 Å². The number of halogens is 1. The molecule has 5 nitrogen and oxygen atoms in total. The number of anilines is 1. The number of methoxy groups -OCH3 is 1. The van der Waals surface area contributed by atoms with E-state index in [0.29, 0.717) is 12.2 Å². The lowest BCUT2D eigenvalue weighted by Crippen LogP contribution is -2.09. The molecular weight excluding hydrogens is 257 g/mol. The van der Waals surface area contributed by atoms with Crippen LogP contribution in [0.3, 0.4) is 0 Å². The summed E-state index contributed by atoms with van der Waals surface area (Å²) in [6.45, 7) is 0.365. The highest BCUT2D eigenvalue weighted by Crippen LogP contribution is 2.19. The number of hydrogen-bond donors (Lipinski definition) is 1. The second-order valence-corrected chi connectivity index (χ2v) is 4.04. The van der Waals surface area contributed by atoms with Gasteiger partial charge in [0.15, 0.2) is 0 Å². The first-order chi connectivity index (χ1) is 8.70. The molecule has 7 heteroatoms. The van der Waals surface area contributed by atoms with E-state index in [9.17, 15) is 9.18 Å². The third-order valence-corrected chi connectivity index (χ3v) is 2.81. The van der Waals surface area contributed by atoms with Crippen LogP contribution in [0.5, 0.6) is 0 Å². The van der Waals surface area contributed by atoms with Crippen molar-refractivity contribution in [2.24, 2.45) is 0 Å². The van der Waals surface area contributed by atoms with E-state index in [0.717, 1.165) is 5.69 Å². The van der Waals surface area contributed by atoms with E-state index >= 15 is 0 Å². The summed E-state index contributed by atoms with van der Waals surface area (Å²) in [6, 6.07) is 3.83. The Labute approximate surface area is 107 Å². The molecule has 1 aromatic heterocycles. The monoisotopic (exact) mass is 267 g/mol. The summed E-state index contributed by atoms with van der Waals surface area (Å²) in [6.07, 6.45) is 0. The van der Waals surface area contributed by atoms with E-state index in [-0.39, 0.29) is 5.56 Å². The van der Waals surface area contributed by atoms with Crippen molar-refractivity contribution >= 4 is 23.2 Å². The van der Waals surface area contributed by atoms with Crippen LogP contribution in [0, 0.1) is 5.82 Å². The van der Waals surface area contributed by atoms with Gasteiger partial charge in [-0.3, -0.25) is 0 Å². The maximum Gasteiger partial charge on any atom is 0.339 e. The molecule has 0 unspecified atom stereocenters. The van der Waals surface area contributed by atoms with Crippen molar-refractivity contribution in [1.29, 1.82) is 0 Å². The summed E-state index contributed by atoms with van der Waals surface area (Å²) < 4.78 is 21.5. The second-order valence-electron chi connectivity index (χ2n) is 3.43. The first-order valence-electron chi connectivity index (χ1n) is 5.08. The highest BCUT2D eigenvalue weighted by molar-refractivity contribution is 7.03. The molecule has 18 heavy (non-hydrogen) atoms. The van der Waals surface area contributed by atoms with Crippen LogP contribution in [0.25, 0.3) is 0 Å². The lowest BCUT2D eigenvalue weighted by Gasteiger charge is -2.09. The van der Waals surface area contributed by atoms with Gasteiger partial charge in [0, 0.05) is 5.38 Å². The number of hydrogen-bond acceptors (Lipinski definition) is 6. The number of carbonyl (C=O) groups is 1. The molecule has 2 aromatic rings. The summed E-state index contributed by atoms with van der Waals surface area (Å²) in [4.78, 5) is 11.5. The topological polar surface area (TPSA) is 64.1 Å². The molecule has 0 atom stereocenters. The Morgan fingerprint density at radius 2 is 2.39 bits per heavy atom. The third kappa shape index (κ3) is 2.80. The van der Waals surface area contributed by atoms with Gasteiger partial charge in [0.25, 0.3) is 0 Å². The number of esters is 1. The maximum absolute atomic E-state index is 13.2. The minimum absolute atomic E-state index is 0.280.